The van der Waals surface area contributed by atoms with Gasteiger partial charge in [-0.15, -0.1) is 0 Å². The van der Waals surface area contributed by atoms with Crippen LogP contribution in [0.3, 0.4) is 0 Å². The molecule has 0 saturated carbocycles. The summed E-state index contributed by atoms with van der Waals surface area (Å²) in [5, 5.41) is 2.71. The Morgan fingerprint density at radius 1 is 0.903 bits per heavy atom. The van der Waals surface area contributed by atoms with Crippen molar-refractivity contribution in [3.8, 4) is 17.2 Å². The molecule has 0 unspecified atom stereocenters. The third-order valence-corrected chi connectivity index (χ3v) is 4.90. The molecule has 0 bridgehead atoms. The maximum absolute atomic E-state index is 12.8. The highest BCUT2D eigenvalue weighted by Gasteiger charge is 2.19. The zero-order valence-corrected chi connectivity index (χ0v) is 18.0. The predicted molar refractivity (Wildman–Crippen MR) is 118 cm³/mol. The van der Waals surface area contributed by atoms with Gasteiger partial charge >= 0.3 is 5.63 Å². The molecule has 7 heteroatoms. The quantitative estimate of drug-likeness (QED) is 0.589. The highest BCUT2D eigenvalue weighted by Crippen LogP contribution is 2.29. The fraction of sp³-hybridized carbons (Fsp3) is 0.250. The van der Waals surface area contributed by atoms with Crippen LogP contribution in [0.5, 0.6) is 17.2 Å². The number of hydrogen-bond acceptors (Lipinski definition) is 6. The van der Waals surface area contributed by atoms with Crippen LogP contribution >= 0.6 is 0 Å². The second-order valence-electron chi connectivity index (χ2n) is 6.93. The van der Waals surface area contributed by atoms with Gasteiger partial charge in [-0.05, 0) is 54.8 Å². The molecular formula is C24H25NO6. The molecule has 1 heterocycles. The lowest BCUT2D eigenvalue weighted by molar-refractivity contribution is 0.102. The summed E-state index contributed by atoms with van der Waals surface area (Å²) in [6.45, 7) is 1.72. The van der Waals surface area contributed by atoms with Gasteiger partial charge in [-0.2, -0.15) is 0 Å². The van der Waals surface area contributed by atoms with Crippen LogP contribution in [0.4, 0.5) is 5.69 Å². The molecule has 0 aliphatic heterocycles. The summed E-state index contributed by atoms with van der Waals surface area (Å²) in [5.74, 6) is 1.76. The third-order valence-electron chi connectivity index (χ3n) is 4.90. The van der Waals surface area contributed by atoms with Gasteiger partial charge < -0.3 is 23.9 Å². The smallest absolute Gasteiger partial charge is 0.349 e. The molecule has 0 atom stereocenters. The van der Waals surface area contributed by atoms with Crippen LogP contribution in [0.15, 0.2) is 57.7 Å². The first-order chi connectivity index (χ1) is 14.9. The third kappa shape index (κ3) is 5.25. The van der Waals surface area contributed by atoms with Crippen molar-refractivity contribution in [3.05, 3.63) is 81.4 Å². The Balaban J connectivity index is 1.75. The number of carbonyl (C=O) groups is 1. The number of amides is 1. The van der Waals surface area contributed by atoms with Crippen LogP contribution in [-0.4, -0.2) is 27.2 Å². The molecule has 0 aliphatic carbocycles. The van der Waals surface area contributed by atoms with E-state index in [9.17, 15) is 9.59 Å². The molecule has 0 aliphatic rings. The average Bonchev–Trinajstić information content (AvgIpc) is 2.77. The predicted octanol–water partition coefficient (Wildman–Crippen LogP) is 4.01. The molecule has 2 aromatic carbocycles. The number of benzene rings is 2. The van der Waals surface area contributed by atoms with Gasteiger partial charge in [0.15, 0.2) is 0 Å². The average molecular weight is 423 g/mol. The molecular weight excluding hydrogens is 398 g/mol. The van der Waals surface area contributed by atoms with E-state index < -0.39 is 11.5 Å². The molecule has 0 fully saturated rings. The Labute approximate surface area is 180 Å². The van der Waals surface area contributed by atoms with Crippen LogP contribution < -0.4 is 25.2 Å². The number of rotatable bonds is 8. The van der Waals surface area contributed by atoms with Crippen LogP contribution in [0, 0.1) is 6.92 Å². The van der Waals surface area contributed by atoms with Crippen molar-refractivity contribution in [2.75, 3.05) is 26.6 Å². The first-order valence-corrected chi connectivity index (χ1v) is 9.75. The number of carbonyl (C=O) groups excluding carboxylic acids is 1. The highest BCUT2D eigenvalue weighted by atomic mass is 16.5. The molecule has 7 nitrogen and oxygen atoms in total. The Kier molecular flexibility index (Phi) is 6.97. The fourth-order valence-corrected chi connectivity index (χ4v) is 3.22. The van der Waals surface area contributed by atoms with E-state index in [-0.39, 0.29) is 5.56 Å². The lowest BCUT2D eigenvalue weighted by atomic mass is 10.1. The van der Waals surface area contributed by atoms with E-state index in [4.69, 9.17) is 18.6 Å². The lowest BCUT2D eigenvalue weighted by Crippen LogP contribution is -2.23. The van der Waals surface area contributed by atoms with Gasteiger partial charge in [0.05, 0.1) is 27.0 Å². The highest BCUT2D eigenvalue weighted by molar-refractivity contribution is 6.05. The van der Waals surface area contributed by atoms with Crippen LogP contribution in [-0.2, 0) is 12.8 Å². The first-order valence-electron chi connectivity index (χ1n) is 9.75. The minimum Gasteiger partial charge on any atom is -0.497 e. The van der Waals surface area contributed by atoms with Gasteiger partial charge in [-0.25, -0.2) is 4.79 Å². The molecule has 0 saturated heterocycles. The first kappa shape index (κ1) is 22.0. The van der Waals surface area contributed by atoms with Gasteiger partial charge in [0, 0.05) is 12.5 Å². The molecule has 3 aromatic rings. The maximum Gasteiger partial charge on any atom is 0.349 e. The minimum absolute atomic E-state index is 0.0360. The molecule has 162 valence electrons. The largest absolute Gasteiger partial charge is 0.497 e. The van der Waals surface area contributed by atoms with Crippen molar-refractivity contribution in [2.24, 2.45) is 0 Å². The van der Waals surface area contributed by atoms with Crippen molar-refractivity contribution in [1.29, 1.82) is 0 Å². The Hall–Kier alpha value is -3.74. The van der Waals surface area contributed by atoms with Gasteiger partial charge in [0.1, 0.15) is 28.6 Å². The summed E-state index contributed by atoms with van der Waals surface area (Å²) in [6.07, 6.45) is 1.23. The van der Waals surface area contributed by atoms with Crippen LogP contribution in [0.1, 0.15) is 27.2 Å². The summed E-state index contributed by atoms with van der Waals surface area (Å²) in [4.78, 5) is 25.3. The summed E-state index contributed by atoms with van der Waals surface area (Å²) in [6, 6.07) is 14.4. The Bertz CT molecular complexity index is 1120. The van der Waals surface area contributed by atoms with Gasteiger partial charge in [0.2, 0.25) is 0 Å². The van der Waals surface area contributed by atoms with E-state index in [2.05, 4.69) is 5.32 Å². The molecule has 0 spiro atoms. The van der Waals surface area contributed by atoms with E-state index in [0.717, 1.165) is 11.3 Å². The second kappa shape index (κ2) is 9.84. The van der Waals surface area contributed by atoms with Crippen molar-refractivity contribution in [2.45, 2.75) is 19.8 Å². The lowest BCUT2D eigenvalue weighted by Gasteiger charge is -2.12. The number of nitrogens with one attached hydrogen (secondary N) is 1. The van der Waals surface area contributed by atoms with E-state index in [1.54, 1.807) is 38.3 Å². The van der Waals surface area contributed by atoms with Crippen LogP contribution in [0.2, 0.25) is 0 Å². The number of ether oxygens (including phenoxy) is 3. The zero-order chi connectivity index (χ0) is 22.4. The molecule has 1 N–H and O–H groups in total. The molecule has 3 rings (SSSR count). The van der Waals surface area contributed by atoms with Crippen molar-refractivity contribution in [3.63, 3.8) is 0 Å². The number of aryl methyl sites for hydroxylation is 3. The van der Waals surface area contributed by atoms with E-state index in [0.29, 0.717) is 41.4 Å². The van der Waals surface area contributed by atoms with Gasteiger partial charge in [-0.1, -0.05) is 12.1 Å². The van der Waals surface area contributed by atoms with E-state index in [1.165, 1.54) is 14.2 Å². The monoisotopic (exact) mass is 423 g/mol. The van der Waals surface area contributed by atoms with Gasteiger partial charge in [0.25, 0.3) is 5.91 Å². The number of methoxy groups -OCH3 is 3. The Morgan fingerprint density at radius 2 is 1.58 bits per heavy atom. The normalized spacial score (nSPS) is 10.5. The zero-order valence-electron chi connectivity index (χ0n) is 18.0. The molecule has 31 heavy (non-hydrogen) atoms. The van der Waals surface area contributed by atoms with E-state index in [1.807, 2.05) is 24.3 Å². The Morgan fingerprint density at radius 3 is 2.19 bits per heavy atom. The van der Waals surface area contributed by atoms with Crippen molar-refractivity contribution >= 4 is 11.6 Å². The number of hydrogen-bond donors (Lipinski definition) is 1. The van der Waals surface area contributed by atoms with E-state index >= 15 is 0 Å². The SMILES string of the molecule is COc1ccc(CCc2cc(C)c(C(=O)Nc3ccc(OC)cc3OC)c(=O)o2)cc1. The summed E-state index contributed by atoms with van der Waals surface area (Å²) in [5.41, 5.74) is 1.36. The maximum atomic E-state index is 12.8. The second-order valence-corrected chi connectivity index (χ2v) is 6.93. The number of anilines is 1. The van der Waals surface area contributed by atoms with Crippen LogP contribution in [0.25, 0.3) is 0 Å². The molecule has 1 amide bonds. The van der Waals surface area contributed by atoms with Gasteiger partial charge in [-0.3, -0.25) is 4.79 Å². The summed E-state index contributed by atoms with van der Waals surface area (Å²) < 4.78 is 21.0. The standard InChI is InChI=1S/C24H25NO6/c1-15-13-19(10-7-16-5-8-17(28-2)9-6-16)31-24(27)22(15)23(26)25-20-12-11-18(29-3)14-21(20)30-4/h5-6,8-9,11-14H,7,10H2,1-4H3,(H,25,26). The van der Waals surface area contributed by atoms with Crippen molar-refractivity contribution < 1.29 is 23.4 Å². The molecule has 0 radical (unpaired) electrons. The summed E-state index contributed by atoms with van der Waals surface area (Å²) in [7, 11) is 4.65. The topological polar surface area (TPSA) is 87.0 Å². The fourth-order valence-electron chi connectivity index (χ4n) is 3.22. The minimum atomic E-state index is -0.672. The molecule has 1 aromatic heterocycles. The summed E-state index contributed by atoms with van der Waals surface area (Å²) >= 11 is 0. The van der Waals surface area contributed by atoms with Crippen molar-refractivity contribution in [1.82, 2.24) is 0 Å².